The topological polar surface area (TPSA) is 49.9 Å². The monoisotopic (exact) mass is 193 g/mol. The Bertz CT molecular complexity index is 425. The number of fused-ring (bicyclic) bond motifs is 2. The Hall–Kier alpha value is -1.16. The van der Waals surface area contributed by atoms with Crippen molar-refractivity contribution in [1.29, 1.82) is 0 Å². The lowest BCUT2D eigenvalue weighted by molar-refractivity contribution is -0.124. The number of nitrogens with zero attached hydrogens (tertiary/aromatic N) is 1. The average molecular weight is 193 g/mol. The minimum absolute atomic E-state index is 0.00676. The number of Topliss-reactive ketones (excluding diaryl/α,β-unsaturated/α-hetero) is 1. The molecule has 3 rings (SSSR count). The molecule has 0 aromatic carbocycles. The Morgan fingerprint density at radius 3 is 2.50 bits per heavy atom. The van der Waals surface area contributed by atoms with Gasteiger partial charge in [0, 0.05) is 19.2 Å². The van der Waals surface area contributed by atoms with E-state index in [0.717, 1.165) is 0 Å². The van der Waals surface area contributed by atoms with Crippen molar-refractivity contribution in [2.45, 2.75) is 25.0 Å². The van der Waals surface area contributed by atoms with Crippen molar-refractivity contribution in [2.24, 2.45) is 0 Å². The molecule has 1 saturated heterocycles. The Labute approximate surface area is 81.5 Å². The number of carbonyl (C=O) groups excluding carboxylic acids is 2. The Morgan fingerprint density at radius 2 is 1.93 bits per heavy atom. The number of hydrogen-bond donors (Lipinski definition) is 0. The fourth-order valence-corrected chi connectivity index (χ4v) is 2.61. The predicted molar refractivity (Wildman–Crippen MR) is 47.6 cm³/mol. The maximum Gasteiger partial charge on any atom is 0.253 e. The number of ether oxygens (including phenoxy) is 1. The highest BCUT2D eigenvalue weighted by molar-refractivity contribution is 6.20. The number of amides is 1. The highest BCUT2D eigenvalue weighted by atomic mass is 16.6. The molecule has 1 amide bonds. The summed E-state index contributed by atoms with van der Waals surface area (Å²) in [6.07, 6.45) is 0. The van der Waals surface area contributed by atoms with Crippen molar-refractivity contribution >= 4 is 11.7 Å². The van der Waals surface area contributed by atoms with Gasteiger partial charge in [-0.05, 0) is 13.8 Å². The lowest BCUT2D eigenvalue weighted by Crippen LogP contribution is -2.33. The van der Waals surface area contributed by atoms with Gasteiger partial charge in [-0.25, -0.2) is 0 Å². The maximum absolute atomic E-state index is 11.9. The molecule has 0 radical (unpaired) electrons. The SMILES string of the molecule is CN1CC2=C(C1=O)C1(C)OC1(C)C2=O. The van der Waals surface area contributed by atoms with Crippen molar-refractivity contribution in [3.63, 3.8) is 0 Å². The first kappa shape index (κ1) is 8.17. The summed E-state index contributed by atoms with van der Waals surface area (Å²) in [6.45, 7) is 4.03. The molecule has 3 aliphatic rings. The van der Waals surface area contributed by atoms with Crippen LogP contribution in [0.4, 0.5) is 0 Å². The molecule has 2 unspecified atom stereocenters. The highest BCUT2D eigenvalue weighted by Gasteiger charge is 2.78. The zero-order chi connectivity index (χ0) is 10.3. The van der Waals surface area contributed by atoms with Gasteiger partial charge in [0.15, 0.2) is 11.4 Å². The normalized spacial score (nSPS) is 44.6. The molecule has 14 heavy (non-hydrogen) atoms. The number of hydrogen-bond acceptors (Lipinski definition) is 3. The van der Waals surface area contributed by atoms with Gasteiger partial charge in [0.2, 0.25) is 0 Å². The van der Waals surface area contributed by atoms with E-state index in [1.807, 2.05) is 6.92 Å². The van der Waals surface area contributed by atoms with E-state index in [0.29, 0.717) is 17.7 Å². The third-order valence-corrected chi connectivity index (χ3v) is 3.72. The second kappa shape index (κ2) is 1.80. The van der Waals surface area contributed by atoms with Crippen molar-refractivity contribution in [3.8, 4) is 0 Å². The van der Waals surface area contributed by atoms with E-state index < -0.39 is 11.2 Å². The zero-order valence-corrected chi connectivity index (χ0v) is 8.38. The number of rotatable bonds is 0. The van der Waals surface area contributed by atoms with Crippen molar-refractivity contribution < 1.29 is 14.3 Å². The summed E-state index contributed by atoms with van der Waals surface area (Å²) < 4.78 is 5.42. The van der Waals surface area contributed by atoms with Crippen LogP contribution < -0.4 is 0 Å². The van der Waals surface area contributed by atoms with Gasteiger partial charge < -0.3 is 9.64 Å². The van der Waals surface area contributed by atoms with Crippen LogP contribution in [-0.2, 0) is 14.3 Å². The van der Waals surface area contributed by atoms with Gasteiger partial charge in [0.25, 0.3) is 5.91 Å². The van der Waals surface area contributed by atoms with Gasteiger partial charge in [-0.1, -0.05) is 0 Å². The van der Waals surface area contributed by atoms with E-state index in [9.17, 15) is 9.59 Å². The molecule has 0 aromatic heterocycles. The largest absolute Gasteiger partial charge is 0.349 e. The first-order chi connectivity index (χ1) is 6.42. The van der Waals surface area contributed by atoms with Crippen LogP contribution in [0.15, 0.2) is 11.1 Å². The molecule has 2 heterocycles. The average Bonchev–Trinajstić information content (AvgIpc) is 2.46. The Morgan fingerprint density at radius 1 is 1.29 bits per heavy atom. The van der Waals surface area contributed by atoms with Gasteiger partial charge in [0.1, 0.15) is 5.60 Å². The summed E-state index contributed by atoms with van der Waals surface area (Å²) in [6, 6.07) is 0. The maximum atomic E-state index is 11.9. The quantitative estimate of drug-likeness (QED) is 0.504. The molecule has 0 N–H and O–H groups in total. The highest BCUT2D eigenvalue weighted by Crippen LogP contribution is 2.61. The summed E-state index contributed by atoms with van der Waals surface area (Å²) >= 11 is 0. The molecular weight excluding hydrogens is 182 g/mol. The van der Waals surface area contributed by atoms with Crippen LogP contribution in [0, 0.1) is 0 Å². The molecule has 4 nitrogen and oxygen atoms in total. The number of carbonyl (C=O) groups is 2. The van der Waals surface area contributed by atoms with E-state index in [-0.39, 0.29) is 11.7 Å². The van der Waals surface area contributed by atoms with Crippen LogP contribution in [0.3, 0.4) is 0 Å². The van der Waals surface area contributed by atoms with Crippen molar-refractivity contribution in [3.05, 3.63) is 11.1 Å². The first-order valence-corrected chi connectivity index (χ1v) is 4.66. The van der Waals surface area contributed by atoms with E-state index in [1.165, 1.54) is 0 Å². The molecule has 2 atom stereocenters. The van der Waals surface area contributed by atoms with E-state index in [4.69, 9.17) is 4.74 Å². The van der Waals surface area contributed by atoms with Gasteiger partial charge in [-0.15, -0.1) is 0 Å². The first-order valence-electron chi connectivity index (χ1n) is 4.66. The summed E-state index contributed by atoms with van der Waals surface area (Å²) in [4.78, 5) is 25.2. The fraction of sp³-hybridized carbons (Fsp3) is 0.600. The van der Waals surface area contributed by atoms with Gasteiger partial charge in [-0.3, -0.25) is 9.59 Å². The van der Waals surface area contributed by atoms with Crippen LogP contribution >= 0.6 is 0 Å². The van der Waals surface area contributed by atoms with Crippen LogP contribution in [0.25, 0.3) is 0 Å². The third kappa shape index (κ3) is 0.546. The summed E-state index contributed by atoms with van der Waals surface area (Å²) in [7, 11) is 1.71. The Kier molecular flexibility index (Phi) is 1.05. The predicted octanol–water partition coefficient (Wildman–Crippen LogP) is -0.115. The van der Waals surface area contributed by atoms with Crippen molar-refractivity contribution in [1.82, 2.24) is 4.90 Å². The third-order valence-electron chi connectivity index (χ3n) is 3.72. The molecule has 0 bridgehead atoms. The fourth-order valence-electron chi connectivity index (χ4n) is 2.61. The molecule has 1 fully saturated rings. The summed E-state index contributed by atoms with van der Waals surface area (Å²) in [5, 5.41) is 0. The lowest BCUT2D eigenvalue weighted by Gasteiger charge is -2.12. The van der Waals surface area contributed by atoms with E-state index >= 15 is 0 Å². The second-order valence-electron chi connectivity index (χ2n) is 4.51. The van der Waals surface area contributed by atoms with Crippen LogP contribution in [-0.4, -0.2) is 41.4 Å². The molecule has 0 saturated carbocycles. The standard InChI is InChI=1S/C10H11NO3/c1-9-6-5(4-11(3)8(6)13)7(12)10(9,2)14-9/h4H2,1-3H3. The molecule has 1 aliphatic carbocycles. The zero-order valence-electron chi connectivity index (χ0n) is 8.38. The van der Waals surface area contributed by atoms with Crippen LogP contribution in [0.2, 0.25) is 0 Å². The Balaban J connectivity index is 2.18. The number of likely N-dealkylation sites (tertiary alicyclic amines) is 1. The minimum Gasteiger partial charge on any atom is -0.349 e. The van der Waals surface area contributed by atoms with Crippen LogP contribution in [0.1, 0.15) is 13.8 Å². The van der Waals surface area contributed by atoms with Gasteiger partial charge in [0.05, 0.1) is 5.57 Å². The molecular formula is C10H11NO3. The number of likely N-dealkylation sites (N-methyl/N-ethyl adjacent to an activating group) is 1. The van der Waals surface area contributed by atoms with E-state index in [1.54, 1.807) is 18.9 Å². The minimum atomic E-state index is -0.741. The van der Waals surface area contributed by atoms with E-state index in [2.05, 4.69) is 0 Å². The van der Waals surface area contributed by atoms with Crippen LogP contribution in [0.5, 0.6) is 0 Å². The van der Waals surface area contributed by atoms with Gasteiger partial charge in [-0.2, -0.15) is 0 Å². The second-order valence-corrected chi connectivity index (χ2v) is 4.51. The smallest absolute Gasteiger partial charge is 0.253 e. The molecule has 0 aromatic rings. The molecule has 4 heteroatoms. The van der Waals surface area contributed by atoms with Crippen molar-refractivity contribution in [2.75, 3.05) is 13.6 Å². The molecule has 2 aliphatic heterocycles. The van der Waals surface area contributed by atoms with Gasteiger partial charge >= 0.3 is 0 Å². The lowest BCUT2D eigenvalue weighted by atomic mass is 9.94. The number of epoxide rings is 1. The summed E-state index contributed by atoms with van der Waals surface area (Å²) in [5.41, 5.74) is -0.128. The molecule has 74 valence electrons. The molecule has 0 spiro atoms. The summed E-state index contributed by atoms with van der Waals surface area (Å²) in [5.74, 6) is -0.0650. The number of ketones is 1.